The van der Waals surface area contributed by atoms with Gasteiger partial charge in [-0.1, -0.05) is 46.5 Å². The Morgan fingerprint density at radius 2 is 1.77 bits per heavy atom. The third-order valence-electron chi connectivity index (χ3n) is 6.95. The molecule has 0 spiro atoms. The number of fused-ring (bicyclic) bond motifs is 1. The summed E-state index contributed by atoms with van der Waals surface area (Å²) in [5.41, 5.74) is 0.623. The highest BCUT2D eigenvalue weighted by Gasteiger charge is 2.35. The molecule has 1 aromatic carbocycles. The van der Waals surface area contributed by atoms with Gasteiger partial charge in [0.05, 0.1) is 34.8 Å². The molecule has 11 heteroatoms. The third-order valence-corrected chi connectivity index (χ3v) is 9.47. The van der Waals surface area contributed by atoms with Gasteiger partial charge in [-0.3, -0.25) is 14.9 Å². The van der Waals surface area contributed by atoms with Gasteiger partial charge in [-0.25, -0.2) is 9.36 Å². The largest absolute Gasteiger partial charge is 0.443 e. The highest BCUT2D eigenvalue weighted by Crippen LogP contribution is 2.39. The Balaban J connectivity index is 2.16. The van der Waals surface area contributed by atoms with E-state index in [-0.39, 0.29) is 40.9 Å². The molecule has 0 bridgehead atoms. The lowest BCUT2D eigenvalue weighted by Crippen LogP contribution is -2.30. The first-order valence-corrected chi connectivity index (χ1v) is 21.4. The summed E-state index contributed by atoms with van der Waals surface area (Å²) < 4.78 is 19.4. The van der Waals surface area contributed by atoms with Gasteiger partial charge in [0.15, 0.2) is 14.8 Å². The zero-order chi connectivity index (χ0) is 32.5. The molecule has 0 saturated heterocycles. The zero-order valence-electron chi connectivity index (χ0n) is 27.6. The zero-order valence-corrected chi connectivity index (χ0v) is 29.7. The van der Waals surface area contributed by atoms with Gasteiger partial charge in [-0.2, -0.15) is 0 Å². The number of nitro groups is 1. The minimum Gasteiger partial charge on any atom is -0.443 e. The molecule has 0 N–H and O–H groups in total. The van der Waals surface area contributed by atoms with Crippen LogP contribution in [0.2, 0.25) is 38.8 Å². The summed E-state index contributed by atoms with van der Waals surface area (Å²) in [6.07, 6.45) is 1.76. The van der Waals surface area contributed by atoms with Crippen LogP contribution in [0.4, 0.5) is 4.79 Å². The number of ether oxygens (including phenoxy) is 2. The SMILES string of the molecule is C[SiH](C)OC(c1ccc2c(c1)cc(C1=CC([N+](=O)[O-])=CC(COCC[Si](C)(C)C)C1=O)n2C(=O)OC(C)(C)C)C(C)(C)C. The Morgan fingerprint density at radius 3 is 2.30 bits per heavy atom. The smallest absolute Gasteiger partial charge is 0.419 e. The molecule has 1 aliphatic rings. The number of nitrogens with zero attached hydrogens (tertiary/aromatic N) is 2. The molecular formula is C32H48N2O7Si2. The van der Waals surface area contributed by atoms with E-state index in [1.54, 1.807) is 26.8 Å². The van der Waals surface area contributed by atoms with Crippen LogP contribution in [0.1, 0.15) is 58.9 Å². The lowest BCUT2D eigenvalue weighted by Gasteiger charge is -2.33. The molecule has 0 fully saturated rings. The minimum absolute atomic E-state index is 0.0263. The predicted molar refractivity (Wildman–Crippen MR) is 176 cm³/mol. The normalized spacial score (nSPS) is 17.2. The molecule has 2 unspecified atom stereocenters. The Hall–Kier alpha value is -2.87. The van der Waals surface area contributed by atoms with Gasteiger partial charge in [0.1, 0.15) is 5.60 Å². The van der Waals surface area contributed by atoms with Crippen molar-refractivity contribution in [2.45, 2.75) is 92.0 Å². The third kappa shape index (κ3) is 9.07. The molecule has 0 saturated carbocycles. The lowest BCUT2D eigenvalue weighted by molar-refractivity contribution is -0.419. The van der Waals surface area contributed by atoms with E-state index >= 15 is 0 Å². The second-order valence-electron chi connectivity index (χ2n) is 14.9. The highest BCUT2D eigenvalue weighted by molar-refractivity contribution is 6.76. The van der Waals surface area contributed by atoms with E-state index < -0.39 is 39.6 Å². The second-order valence-corrected chi connectivity index (χ2v) is 22.8. The van der Waals surface area contributed by atoms with Crippen molar-refractivity contribution in [2.24, 2.45) is 11.3 Å². The Morgan fingerprint density at radius 1 is 1.12 bits per heavy atom. The van der Waals surface area contributed by atoms with E-state index in [0.717, 1.165) is 11.6 Å². The van der Waals surface area contributed by atoms with Crippen LogP contribution in [0, 0.1) is 21.4 Å². The van der Waals surface area contributed by atoms with Gasteiger partial charge in [-0.15, -0.1) is 0 Å². The van der Waals surface area contributed by atoms with Gasteiger partial charge < -0.3 is 13.9 Å². The molecule has 0 radical (unpaired) electrons. The van der Waals surface area contributed by atoms with Gasteiger partial charge in [0.2, 0.25) is 0 Å². The predicted octanol–water partition coefficient (Wildman–Crippen LogP) is 7.61. The number of allylic oxidation sites excluding steroid dienone is 2. The standard InChI is InChI=1S/C32H48N2O7Si2/c1-31(2,3)29(41-42(7)8)21-12-13-26-22(16-21)18-27(33(26)30(36)40-32(4,5)6)25-19-24(34(37)38)17-23(28(25)35)20-39-14-15-43(9,10)11/h12-13,16-19,23,29,42H,14-15,20H2,1-11H3. The topological polar surface area (TPSA) is 110 Å². The van der Waals surface area contributed by atoms with Crippen molar-refractivity contribution in [1.29, 1.82) is 0 Å². The average molecular weight is 629 g/mol. The molecule has 0 aliphatic heterocycles. The first kappa shape index (κ1) is 34.6. The van der Waals surface area contributed by atoms with Crippen molar-refractivity contribution in [3.63, 3.8) is 0 Å². The Labute approximate surface area is 258 Å². The molecule has 1 aromatic heterocycles. The van der Waals surface area contributed by atoms with E-state index in [0.29, 0.717) is 17.5 Å². The number of ketones is 1. The Kier molecular flexibility index (Phi) is 10.5. The fourth-order valence-corrected chi connectivity index (χ4v) is 6.80. The maximum atomic E-state index is 13.9. The van der Waals surface area contributed by atoms with E-state index in [1.165, 1.54) is 16.7 Å². The van der Waals surface area contributed by atoms with Crippen LogP contribution in [0.15, 0.2) is 42.1 Å². The first-order valence-electron chi connectivity index (χ1n) is 14.9. The second kappa shape index (κ2) is 13.0. The fourth-order valence-electron chi connectivity index (χ4n) is 4.93. The summed E-state index contributed by atoms with van der Waals surface area (Å²) in [6.45, 7) is 23.1. The van der Waals surface area contributed by atoms with Crippen LogP contribution in [0.5, 0.6) is 0 Å². The first-order chi connectivity index (χ1) is 19.7. The maximum absolute atomic E-state index is 13.9. The molecule has 2 aromatic rings. The number of hydrogen-bond acceptors (Lipinski definition) is 7. The molecule has 236 valence electrons. The fraction of sp³-hybridized carbons (Fsp3) is 0.562. The molecule has 0 amide bonds. The summed E-state index contributed by atoms with van der Waals surface area (Å²) >= 11 is 0. The van der Waals surface area contributed by atoms with Crippen molar-refractivity contribution in [3.8, 4) is 0 Å². The van der Waals surface area contributed by atoms with Gasteiger partial charge in [0.25, 0.3) is 5.70 Å². The number of carbonyl (C=O) groups is 2. The van der Waals surface area contributed by atoms with E-state index in [2.05, 4.69) is 53.5 Å². The Bertz CT molecular complexity index is 1440. The summed E-state index contributed by atoms with van der Waals surface area (Å²) in [5, 5.41) is 12.7. The van der Waals surface area contributed by atoms with Gasteiger partial charge in [0, 0.05) is 37.8 Å². The van der Waals surface area contributed by atoms with Crippen LogP contribution in [0.3, 0.4) is 0 Å². The van der Waals surface area contributed by atoms with E-state index in [9.17, 15) is 19.7 Å². The van der Waals surface area contributed by atoms with Crippen LogP contribution >= 0.6 is 0 Å². The van der Waals surface area contributed by atoms with E-state index in [4.69, 9.17) is 13.9 Å². The minimum atomic E-state index is -1.40. The molecule has 3 rings (SSSR count). The molecule has 1 heterocycles. The number of benzene rings is 1. The number of Topliss-reactive ketones (excluding diaryl/α,β-unsaturated/α-hetero) is 1. The molecule has 43 heavy (non-hydrogen) atoms. The number of rotatable bonds is 10. The van der Waals surface area contributed by atoms with Crippen LogP contribution in [0.25, 0.3) is 16.5 Å². The van der Waals surface area contributed by atoms with Crippen LogP contribution in [-0.2, 0) is 18.7 Å². The highest BCUT2D eigenvalue weighted by atomic mass is 28.3. The summed E-state index contributed by atoms with van der Waals surface area (Å²) in [6, 6.07) is 8.40. The quantitative estimate of drug-likeness (QED) is 0.115. The van der Waals surface area contributed by atoms with Crippen molar-refractivity contribution < 1.29 is 28.4 Å². The molecule has 1 aliphatic carbocycles. The van der Waals surface area contributed by atoms with Crippen molar-refractivity contribution in [2.75, 3.05) is 13.2 Å². The molecule has 2 atom stereocenters. The molecule has 9 nitrogen and oxygen atoms in total. The van der Waals surface area contributed by atoms with Crippen molar-refractivity contribution >= 4 is 45.5 Å². The van der Waals surface area contributed by atoms with E-state index in [1.807, 2.05) is 18.2 Å². The van der Waals surface area contributed by atoms with Gasteiger partial charge >= 0.3 is 6.09 Å². The monoisotopic (exact) mass is 628 g/mol. The summed E-state index contributed by atoms with van der Waals surface area (Å²) in [4.78, 5) is 39.0. The van der Waals surface area contributed by atoms with Crippen molar-refractivity contribution in [3.05, 3.63) is 63.5 Å². The van der Waals surface area contributed by atoms with Crippen LogP contribution < -0.4 is 0 Å². The van der Waals surface area contributed by atoms with Crippen molar-refractivity contribution in [1.82, 2.24) is 4.57 Å². The summed E-state index contributed by atoms with van der Waals surface area (Å²) in [5.74, 6) is -1.19. The van der Waals surface area contributed by atoms with Crippen LogP contribution in [-0.4, -0.2) is 57.3 Å². The number of hydrogen-bond donors (Lipinski definition) is 0. The maximum Gasteiger partial charge on any atom is 0.419 e. The number of carbonyl (C=O) groups excluding carboxylic acids is 2. The van der Waals surface area contributed by atoms with Gasteiger partial charge in [-0.05, 0) is 69.1 Å². The lowest BCUT2D eigenvalue weighted by atomic mass is 9.84. The number of aromatic nitrogens is 1. The molecular weight excluding hydrogens is 581 g/mol. The summed E-state index contributed by atoms with van der Waals surface area (Å²) in [7, 11) is -2.75. The average Bonchev–Trinajstić information content (AvgIpc) is 3.22.